The number of likely N-dealkylation sites (N-methyl/N-ethyl adjacent to an activating group) is 1. The third-order valence-corrected chi connectivity index (χ3v) is 6.86. The van der Waals surface area contributed by atoms with Gasteiger partial charge in [-0.25, -0.2) is 4.79 Å². The molecule has 6 nitrogen and oxygen atoms in total. The molecule has 2 saturated heterocycles. The van der Waals surface area contributed by atoms with Gasteiger partial charge in [0, 0.05) is 32.4 Å². The molecule has 1 spiro atoms. The Balaban J connectivity index is 1.32. The Morgan fingerprint density at radius 3 is 2.50 bits per heavy atom. The highest BCUT2D eigenvalue weighted by molar-refractivity contribution is 6.07. The van der Waals surface area contributed by atoms with Gasteiger partial charge in [0.2, 0.25) is 5.91 Å². The second kappa shape index (κ2) is 7.74. The van der Waals surface area contributed by atoms with Gasteiger partial charge in [-0.1, -0.05) is 18.2 Å². The summed E-state index contributed by atoms with van der Waals surface area (Å²) in [6.07, 6.45) is 3.68. The molecule has 152 valence electrons. The van der Waals surface area contributed by atoms with Gasteiger partial charge >= 0.3 is 6.09 Å². The second-order valence-electron chi connectivity index (χ2n) is 8.39. The lowest BCUT2D eigenvalue weighted by molar-refractivity contribution is -0.124. The minimum atomic E-state index is -0.324. The van der Waals surface area contributed by atoms with E-state index >= 15 is 0 Å². The van der Waals surface area contributed by atoms with E-state index in [0.29, 0.717) is 12.5 Å². The molecule has 6 heteroatoms. The highest BCUT2D eigenvalue weighted by atomic mass is 16.6. The number of nitrogens with zero attached hydrogens (tertiary/aromatic N) is 3. The van der Waals surface area contributed by atoms with Gasteiger partial charge in [-0.05, 0) is 63.2 Å². The van der Waals surface area contributed by atoms with Gasteiger partial charge in [-0.2, -0.15) is 0 Å². The summed E-state index contributed by atoms with van der Waals surface area (Å²) in [4.78, 5) is 31.1. The van der Waals surface area contributed by atoms with Gasteiger partial charge in [-0.3, -0.25) is 4.79 Å². The number of anilines is 1. The highest BCUT2D eigenvalue weighted by Gasteiger charge is 2.50. The molecule has 0 bridgehead atoms. The largest absolute Gasteiger partial charge is 0.450 e. The van der Waals surface area contributed by atoms with Crippen molar-refractivity contribution < 1.29 is 14.3 Å². The maximum Gasteiger partial charge on any atom is 0.409 e. The van der Waals surface area contributed by atoms with Crippen LogP contribution in [0.25, 0.3) is 0 Å². The number of ether oxygens (including phenoxy) is 1. The maximum atomic E-state index is 13.0. The summed E-state index contributed by atoms with van der Waals surface area (Å²) in [7, 11) is 1.90. The molecule has 2 fully saturated rings. The first-order valence-corrected chi connectivity index (χ1v) is 10.6. The third kappa shape index (κ3) is 3.28. The van der Waals surface area contributed by atoms with E-state index in [9.17, 15) is 9.59 Å². The van der Waals surface area contributed by atoms with E-state index in [1.165, 1.54) is 5.56 Å². The average molecular weight is 386 g/mol. The van der Waals surface area contributed by atoms with Crippen molar-refractivity contribution in [1.82, 2.24) is 9.80 Å². The molecule has 0 unspecified atom stereocenters. The molecule has 1 aromatic carbocycles. The minimum absolute atomic E-state index is 0.177. The number of carbonyl (C=O) groups excluding carboxylic acids is 2. The van der Waals surface area contributed by atoms with Gasteiger partial charge in [-0.15, -0.1) is 0 Å². The maximum absolute atomic E-state index is 13.0. The van der Waals surface area contributed by atoms with Gasteiger partial charge in [0.15, 0.2) is 0 Å². The van der Waals surface area contributed by atoms with Crippen molar-refractivity contribution >= 4 is 17.7 Å². The van der Waals surface area contributed by atoms with E-state index in [1.807, 2.05) is 29.8 Å². The molecule has 0 atom stereocenters. The first kappa shape index (κ1) is 19.2. The molecule has 3 aliphatic heterocycles. The minimum Gasteiger partial charge on any atom is -0.450 e. The fourth-order valence-corrected chi connectivity index (χ4v) is 5.19. The quantitative estimate of drug-likeness (QED) is 0.803. The van der Waals surface area contributed by atoms with Crippen molar-refractivity contribution in [1.29, 1.82) is 0 Å². The Morgan fingerprint density at radius 2 is 1.82 bits per heavy atom. The lowest BCUT2D eigenvalue weighted by Crippen LogP contribution is -2.49. The second-order valence-corrected chi connectivity index (χ2v) is 8.39. The number of likely N-dealkylation sites (tertiary alicyclic amines) is 2. The number of benzene rings is 1. The van der Waals surface area contributed by atoms with Gasteiger partial charge in [0.25, 0.3) is 0 Å². The Kier molecular flexibility index (Phi) is 5.32. The van der Waals surface area contributed by atoms with Crippen molar-refractivity contribution in [3.05, 3.63) is 29.8 Å². The lowest BCUT2D eigenvalue weighted by Gasteiger charge is -2.41. The summed E-state index contributed by atoms with van der Waals surface area (Å²) in [6, 6.07) is 8.26. The zero-order valence-electron chi connectivity index (χ0n) is 17.0. The van der Waals surface area contributed by atoms with E-state index in [4.69, 9.17) is 4.74 Å². The smallest absolute Gasteiger partial charge is 0.409 e. The van der Waals surface area contributed by atoms with Gasteiger partial charge < -0.3 is 19.4 Å². The first-order valence-electron chi connectivity index (χ1n) is 10.6. The monoisotopic (exact) mass is 385 g/mol. The number of hydrogen-bond acceptors (Lipinski definition) is 4. The van der Waals surface area contributed by atoms with Crippen LogP contribution in [0.5, 0.6) is 0 Å². The van der Waals surface area contributed by atoms with Crippen molar-refractivity contribution in [2.45, 2.75) is 38.0 Å². The van der Waals surface area contributed by atoms with E-state index in [1.54, 1.807) is 0 Å². The number of rotatable bonds is 3. The fourth-order valence-electron chi connectivity index (χ4n) is 5.19. The molecule has 0 radical (unpaired) electrons. The van der Waals surface area contributed by atoms with Crippen LogP contribution < -0.4 is 4.90 Å². The van der Waals surface area contributed by atoms with Crippen molar-refractivity contribution in [3.63, 3.8) is 0 Å². The fraction of sp³-hybridized carbons (Fsp3) is 0.636. The first-order chi connectivity index (χ1) is 13.5. The summed E-state index contributed by atoms with van der Waals surface area (Å²) in [6.45, 7) is 6.86. The number of carbonyl (C=O) groups is 2. The molecule has 0 aliphatic carbocycles. The topological polar surface area (TPSA) is 53.1 Å². The van der Waals surface area contributed by atoms with Crippen LogP contribution in [0, 0.1) is 5.92 Å². The number of fused-ring (bicyclic) bond motifs is 2. The molecule has 4 rings (SSSR count). The van der Waals surface area contributed by atoms with E-state index in [2.05, 4.69) is 23.1 Å². The molecule has 0 N–H and O–H groups in total. The third-order valence-electron chi connectivity index (χ3n) is 6.86. The number of piperidine rings is 2. The highest BCUT2D eigenvalue weighted by Crippen LogP contribution is 2.47. The molecule has 3 heterocycles. The Hall–Kier alpha value is -2.08. The summed E-state index contributed by atoms with van der Waals surface area (Å²) in [5.74, 6) is 0.880. The average Bonchev–Trinajstić information content (AvgIpc) is 2.93. The van der Waals surface area contributed by atoms with Gasteiger partial charge in [0.05, 0.1) is 12.0 Å². The predicted octanol–water partition coefficient (Wildman–Crippen LogP) is 2.87. The van der Waals surface area contributed by atoms with Crippen LogP contribution >= 0.6 is 0 Å². The van der Waals surface area contributed by atoms with E-state index < -0.39 is 0 Å². The van der Waals surface area contributed by atoms with Crippen LogP contribution in [0.4, 0.5) is 10.5 Å². The van der Waals surface area contributed by atoms with Crippen LogP contribution in [-0.4, -0.2) is 68.2 Å². The van der Waals surface area contributed by atoms with Crippen LogP contribution in [-0.2, 0) is 14.9 Å². The summed E-state index contributed by atoms with van der Waals surface area (Å²) in [5.41, 5.74) is 1.96. The standard InChI is InChI=1S/C22H31N3O3/c1-3-28-21(27)25-12-8-17(9-13-25)16-24-14-10-22(11-15-24)18-6-4-5-7-19(18)23(2)20(22)26/h4-7,17H,3,8-16H2,1-2H3. The number of para-hydroxylation sites is 1. The molecule has 0 aromatic heterocycles. The van der Waals surface area contributed by atoms with Crippen LogP contribution in [0.1, 0.15) is 38.2 Å². The Morgan fingerprint density at radius 1 is 1.14 bits per heavy atom. The Labute approximate surface area is 167 Å². The number of amides is 2. The van der Waals surface area contributed by atoms with Crippen molar-refractivity contribution in [3.8, 4) is 0 Å². The molecule has 28 heavy (non-hydrogen) atoms. The summed E-state index contributed by atoms with van der Waals surface area (Å²) < 4.78 is 5.11. The van der Waals surface area contributed by atoms with E-state index in [-0.39, 0.29) is 17.4 Å². The molecular formula is C22H31N3O3. The van der Waals surface area contributed by atoms with Crippen molar-refractivity contribution in [2.75, 3.05) is 51.3 Å². The molecule has 2 amide bonds. The van der Waals surface area contributed by atoms with Crippen LogP contribution in [0.15, 0.2) is 24.3 Å². The lowest BCUT2D eigenvalue weighted by atomic mass is 9.73. The van der Waals surface area contributed by atoms with Crippen LogP contribution in [0.2, 0.25) is 0 Å². The van der Waals surface area contributed by atoms with E-state index in [0.717, 1.165) is 64.1 Å². The summed E-state index contributed by atoms with van der Waals surface area (Å²) in [5, 5.41) is 0. The molecule has 1 aromatic rings. The predicted molar refractivity (Wildman–Crippen MR) is 109 cm³/mol. The molecular weight excluding hydrogens is 354 g/mol. The van der Waals surface area contributed by atoms with Gasteiger partial charge in [0.1, 0.15) is 0 Å². The zero-order valence-corrected chi connectivity index (χ0v) is 17.0. The molecule has 3 aliphatic rings. The van der Waals surface area contributed by atoms with Crippen molar-refractivity contribution in [2.24, 2.45) is 5.92 Å². The van der Waals surface area contributed by atoms with Crippen LogP contribution in [0.3, 0.4) is 0 Å². The zero-order chi connectivity index (χ0) is 19.7. The molecule has 0 saturated carbocycles. The SMILES string of the molecule is CCOC(=O)N1CCC(CN2CCC3(CC2)C(=O)N(C)c2ccccc23)CC1. The number of hydrogen-bond donors (Lipinski definition) is 0. The normalized spacial score (nSPS) is 22.6. The summed E-state index contributed by atoms with van der Waals surface area (Å²) >= 11 is 0. The Bertz CT molecular complexity index is 734.